The second-order valence-corrected chi connectivity index (χ2v) is 6.79. The van der Waals surface area contributed by atoms with Gasteiger partial charge in [0, 0.05) is 43.3 Å². The molecule has 4 amide bonds. The molecule has 134 valence electrons. The number of halogens is 1. The van der Waals surface area contributed by atoms with E-state index in [2.05, 4.69) is 15.5 Å². The Morgan fingerprint density at radius 3 is 2.60 bits per heavy atom. The zero-order valence-electron chi connectivity index (χ0n) is 14.0. The van der Waals surface area contributed by atoms with Crippen molar-refractivity contribution >= 4 is 35.1 Å². The van der Waals surface area contributed by atoms with Crippen LogP contribution in [0.5, 0.6) is 0 Å². The first-order valence-electron chi connectivity index (χ1n) is 8.34. The van der Waals surface area contributed by atoms with Crippen LogP contribution in [0.25, 0.3) is 0 Å². The number of imide groups is 1. The Bertz CT molecular complexity index is 701. The molecule has 0 radical (unpaired) electrons. The van der Waals surface area contributed by atoms with E-state index in [1.165, 1.54) is 0 Å². The number of nitrogens with zero attached hydrogens (tertiary/aromatic N) is 2. The van der Waals surface area contributed by atoms with E-state index in [0.717, 1.165) is 24.3 Å². The van der Waals surface area contributed by atoms with Crippen LogP contribution in [0.1, 0.15) is 18.4 Å². The minimum absolute atomic E-state index is 0.0106. The van der Waals surface area contributed by atoms with Crippen molar-refractivity contribution in [1.82, 2.24) is 15.5 Å². The number of carbonyl (C=O) groups is 3. The maximum Gasteiger partial charge on any atom is 0.322 e. The number of amides is 4. The number of hydrogen-bond acceptors (Lipinski definition) is 4. The second-order valence-electron chi connectivity index (χ2n) is 6.35. The Kier molecular flexibility index (Phi) is 5.13. The molecular formula is C17H21ClN4O3. The van der Waals surface area contributed by atoms with Crippen molar-refractivity contribution in [3.05, 3.63) is 28.8 Å². The van der Waals surface area contributed by atoms with Gasteiger partial charge in [-0.15, -0.1) is 0 Å². The molecule has 2 fully saturated rings. The molecule has 3 rings (SSSR count). The van der Waals surface area contributed by atoms with Crippen LogP contribution in [0.2, 0.25) is 5.02 Å². The van der Waals surface area contributed by atoms with E-state index < -0.39 is 12.1 Å². The topological polar surface area (TPSA) is 81.8 Å². The van der Waals surface area contributed by atoms with Gasteiger partial charge in [-0.1, -0.05) is 17.7 Å². The highest BCUT2D eigenvalue weighted by Gasteiger charge is 2.30. The van der Waals surface area contributed by atoms with Crippen LogP contribution in [0.4, 0.5) is 10.5 Å². The van der Waals surface area contributed by atoms with Crippen molar-refractivity contribution in [2.75, 3.05) is 31.1 Å². The standard InChI is InChI=1S/C17H21ClN4O3/c1-11-2-3-12(18)10-14(11)21-6-8-22(9-7-21)15(23)5-4-13-16(24)20-17(25)19-13/h2-3,10,13H,4-9H2,1H3,(H2,19,20,24,25). The average molecular weight is 365 g/mol. The third-order valence-corrected chi connectivity index (χ3v) is 4.88. The van der Waals surface area contributed by atoms with Crippen molar-refractivity contribution in [2.45, 2.75) is 25.8 Å². The fourth-order valence-electron chi connectivity index (χ4n) is 3.21. The van der Waals surface area contributed by atoms with E-state index in [1.807, 2.05) is 30.0 Å². The monoisotopic (exact) mass is 364 g/mol. The lowest BCUT2D eigenvalue weighted by Crippen LogP contribution is -2.49. The van der Waals surface area contributed by atoms with Crippen LogP contribution in [0.3, 0.4) is 0 Å². The summed E-state index contributed by atoms with van der Waals surface area (Å²) in [6.45, 7) is 4.80. The number of aryl methyl sites for hydroxylation is 1. The summed E-state index contributed by atoms with van der Waals surface area (Å²) in [5.74, 6) is -0.351. The third kappa shape index (κ3) is 4.04. The van der Waals surface area contributed by atoms with Crippen molar-refractivity contribution in [3.63, 3.8) is 0 Å². The van der Waals surface area contributed by atoms with Crippen LogP contribution in [0, 0.1) is 6.92 Å². The lowest BCUT2D eigenvalue weighted by Gasteiger charge is -2.37. The van der Waals surface area contributed by atoms with Crippen LogP contribution in [0.15, 0.2) is 18.2 Å². The average Bonchev–Trinajstić information content (AvgIpc) is 2.92. The highest BCUT2D eigenvalue weighted by molar-refractivity contribution is 6.30. The molecule has 2 N–H and O–H groups in total. The Labute approximate surface area is 151 Å². The molecule has 1 aromatic rings. The van der Waals surface area contributed by atoms with Gasteiger partial charge in [0.2, 0.25) is 5.91 Å². The van der Waals surface area contributed by atoms with Gasteiger partial charge in [0.15, 0.2) is 0 Å². The Balaban J connectivity index is 1.50. The first kappa shape index (κ1) is 17.5. The maximum absolute atomic E-state index is 12.3. The lowest BCUT2D eigenvalue weighted by atomic mass is 10.1. The molecule has 0 spiro atoms. The van der Waals surface area contributed by atoms with Crippen LogP contribution in [-0.2, 0) is 9.59 Å². The maximum atomic E-state index is 12.3. The molecule has 8 heteroatoms. The van der Waals surface area contributed by atoms with Gasteiger partial charge in [-0.05, 0) is 31.0 Å². The van der Waals surface area contributed by atoms with Gasteiger partial charge in [-0.25, -0.2) is 4.79 Å². The van der Waals surface area contributed by atoms with Crippen LogP contribution >= 0.6 is 11.6 Å². The third-order valence-electron chi connectivity index (χ3n) is 4.65. The molecule has 2 aliphatic rings. The number of rotatable bonds is 4. The van der Waals surface area contributed by atoms with E-state index in [4.69, 9.17) is 11.6 Å². The highest BCUT2D eigenvalue weighted by Crippen LogP contribution is 2.25. The Morgan fingerprint density at radius 2 is 1.96 bits per heavy atom. The minimum atomic E-state index is -0.605. The number of benzene rings is 1. The summed E-state index contributed by atoms with van der Waals surface area (Å²) in [4.78, 5) is 39.0. The van der Waals surface area contributed by atoms with E-state index in [1.54, 1.807) is 0 Å². The number of piperazine rings is 1. The summed E-state index contributed by atoms with van der Waals surface area (Å²) in [6, 6.07) is 4.73. The van der Waals surface area contributed by atoms with Gasteiger partial charge >= 0.3 is 6.03 Å². The molecule has 0 aliphatic carbocycles. The summed E-state index contributed by atoms with van der Waals surface area (Å²) in [7, 11) is 0. The fraction of sp³-hybridized carbons (Fsp3) is 0.471. The summed E-state index contributed by atoms with van der Waals surface area (Å²) < 4.78 is 0. The van der Waals surface area contributed by atoms with Crippen molar-refractivity contribution in [1.29, 1.82) is 0 Å². The molecular weight excluding hydrogens is 344 g/mol. The number of nitrogens with one attached hydrogen (secondary N) is 2. The van der Waals surface area contributed by atoms with Crippen LogP contribution in [-0.4, -0.2) is 55.0 Å². The predicted molar refractivity (Wildman–Crippen MR) is 94.7 cm³/mol. The van der Waals surface area contributed by atoms with E-state index in [9.17, 15) is 14.4 Å². The normalized spacial score (nSPS) is 20.5. The molecule has 1 atom stereocenters. The Hall–Kier alpha value is -2.28. The lowest BCUT2D eigenvalue weighted by molar-refractivity contribution is -0.131. The van der Waals surface area contributed by atoms with Crippen LogP contribution < -0.4 is 15.5 Å². The van der Waals surface area contributed by atoms with Gasteiger partial charge < -0.3 is 15.1 Å². The zero-order valence-corrected chi connectivity index (χ0v) is 14.8. The van der Waals surface area contributed by atoms with Crippen molar-refractivity contribution in [3.8, 4) is 0 Å². The molecule has 2 saturated heterocycles. The van der Waals surface area contributed by atoms with E-state index in [-0.39, 0.29) is 18.2 Å². The quantitative estimate of drug-likeness (QED) is 0.789. The number of urea groups is 1. The number of hydrogen-bond donors (Lipinski definition) is 2. The summed E-state index contributed by atoms with van der Waals surface area (Å²) in [6.07, 6.45) is 0.568. The first-order valence-corrected chi connectivity index (χ1v) is 8.72. The van der Waals surface area contributed by atoms with Gasteiger partial charge in [-0.3, -0.25) is 14.9 Å². The van der Waals surface area contributed by atoms with E-state index >= 15 is 0 Å². The van der Waals surface area contributed by atoms with Crippen molar-refractivity contribution in [2.24, 2.45) is 0 Å². The van der Waals surface area contributed by atoms with Gasteiger partial charge in [0.1, 0.15) is 6.04 Å². The summed E-state index contributed by atoms with van der Waals surface area (Å²) in [5, 5.41) is 5.39. The zero-order chi connectivity index (χ0) is 18.0. The molecule has 0 bridgehead atoms. The first-order chi connectivity index (χ1) is 11.9. The predicted octanol–water partition coefficient (Wildman–Crippen LogP) is 1.29. The largest absolute Gasteiger partial charge is 0.368 e. The number of carbonyl (C=O) groups excluding carboxylic acids is 3. The second kappa shape index (κ2) is 7.31. The minimum Gasteiger partial charge on any atom is -0.368 e. The van der Waals surface area contributed by atoms with Gasteiger partial charge in [0.25, 0.3) is 5.91 Å². The molecule has 1 aromatic carbocycles. The number of anilines is 1. The molecule has 1 unspecified atom stereocenters. The van der Waals surface area contributed by atoms with Gasteiger partial charge in [-0.2, -0.15) is 0 Å². The fourth-order valence-corrected chi connectivity index (χ4v) is 3.37. The highest BCUT2D eigenvalue weighted by atomic mass is 35.5. The SMILES string of the molecule is Cc1ccc(Cl)cc1N1CCN(C(=O)CCC2NC(=O)NC2=O)CC1. The molecule has 0 saturated carbocycles. The molecule has 2 aliphatic heterocycles. The smallest absolute Gasteiger partial charge is 0.322 e. The van der Waals surface area contributed by atoms with Gasteiger partial charge in [0.05, 0.1) is 0 Å². The van der Waals surface area contributed by atoms with E-state index in [0.29, 0.717) is 24.5 Å². The molecule has 2 heterocycles. The molecule has 0 aromatic heterocycles. The molecule has 7 nitrogen and oxygen atoms in total. The summed E-state index contributed by atoms with van der Waals surface area (Å²) in [5.41, 5.74) is 2.26. The van der Waals surface area contributed by atoms with Crippen molar-refractivity contribution < 1.29 is 14.4 Å². The summed E-state index contributed by atoms with van der Waals surface area (Å²) >= 11 is 6.09. The Morgan fingerprint density at radius 1 is 1.24 bits per heavy atom. The molecule has 25 heavy (non-hydrogen) atoms.